The summed E-state index contributed by atoms with van der Waals surface area (Å²) in [4.78, 5) is 27.2. The Morgan fingerprint density at radius 3 is 2.16 bits per heavy atom. The number of nitrogens with zero attached hydrogens (tertiary/aromatic N) is 1. The van der Waals surface area contributed by atoms with Gasteiger partial charge in [0.2, 0.25) is 12.0 Å². The van der Waals surface area contributed by atoms with Crippen LogP contribution in [0.1, 0.15) is 24.2 Å². The Balaban J connectivity index is 1.68. The van der Waals surface area contributed by atoms with E-state index in [2.05, 4.69) is 5.32 Å². The quantitative estimate of drug-likeness (QED) is 0.567. The van der Waals surface area contributed by atoms with Crippen molar-refractivity contribution in [3.8, 4) is 5.75 Å². The van der Waals surface area contributed by atoms with Gasteiger partial charge in [0.05, 0.1) is 6.54 Å². The largest absolute Gasteiger partial charge is 0.476 e. The number of hydrogen-bond donors (Lipinski definition) is 1. The first-order valence-electron chi connectivity index (χ1n) is 10.1. The number of rotatable bonds is 9. The molecule has 3 aromatic rings. The lowest BCUT2D eigenvalue weighted by molar-refractivity contribution is -0.142. The third-order valence-corrected chi connectivity index (χ3v) is 4.75. The van der Waals surface area contributed by atoms with Crippen molar-refractivity contribution in [3.05, 3.63) is 102 Å². The fourth-order valence-corrected chi connectivity index (χ4v) is 3.07. The van der Waals surface area contributed by atoms with Gasteiger partial charge in [-0.25, -0.2) is 4.39 Å². The summed E-state index contributed by atoms with van der Waals surface area (Å²) < 4.78 is 19.0. The molecule has 0 saturated carbocycles. The van der Waals surface area contributed by atoms with E-state index >= 15 is 0 Å². The standard InChI is InChI=1S/C25H25FN2O3/c1-2-28(18-23(29)27-17-19-13-15-21(26)16-14-19)25(30)24(20-9-5-3-6-10-20)31-22-11-7-4-8-12-22/h3-16,24H,2,17-18H2,1H3,(H,27,29). The number of hydrogen-bond acceptors (Lipinski definition) is 3. The Bertz CT molecular complexity index is 979. The maximum atomic E-state index is 13.3. The minimum absolute atomic E-state index is 0.0992. The van der Waals surface area contributed by atoms with Gasteiger partial charge in [-0.2, -0.15) is 0 Å². The number of para-hydroxylation sites is 1. The van der Waals surface area contributed by atoms with Crippen LogP contribution >= 0.6 is 0 Å². The molecule has 0 radical (unpaired) electrons. The van der Waals surface area contributed by atoms with Crippen LogP contribution in [0.25, 0.3) is 0 Å². The maximum Gasteiger partial charge on any atom is 0.268 e. The zero-order valence-corrected chi connectivity index (χ0v) is 17.3. The van der Waals surface area contributed by atoms with Crippen LogP contribution in [0, 0.1) is 5.82 Å². The van der Waals surface area contributed by atoms with E-state index in [1.165, 1.54) is 17.0 Å². The van der Waals surface area contributed by atoms with Gasteiger partial charge in [0.15, 0.2) is 0 Å². The molecule has 1 N–H and O–H groups in total. The van der Waals surface area contributed by atoms with Gasteiger partial charge in [0, 0.05) is 18.7 Å². The highest BCUT2D eigenvalue weighted by molar-refractivity contribution is 5.88. The summed E-state index contributed by atoms with van der Waals surface area (Å²) in [6.45, 7) is 2.32. The van der Waals surface area contributed by atoms with E-state index in [4.69, 9.17) is 4.74 Å². The molecule has 0 aliphatic rings. The summed E-state index contributed by atoms with van der Waals surface area (Å²) in [5.74, 6) is -0.356. The lowest BCUT2D eigenvalue weighted by Gasteiger charge is -2.26. The van der Waals surface area contributed by atoms with E-state index in [1.54, 1.807) is 24.3 Å². The average molecular weight is 420 g/mol. The third-order valence-electron chi connectivity index (χ3n) is 4.75. The maximum absolute atomic E-state index is 13.3. The Morgan fingerprint density at radius 2 is 1.55 bits per heavy atom. The molecular weight excluding hydrogens is 395 g/mol. The highest BCUT2D eigenvalue weighted by Gasteiger charge is 2.28. The molecule has 0 aliphatic carbocycles. The number of carbonyl (C=O) groups is 2. The van der Waals surface area contributed by atoms with Gasteiger partial charge in [-0.15, -0.1) is 0 Å². The number of amides is 2. The number of nitrogens with one attached hydrogen (secondary N) is 1. The molecule has 0 heterocycles. The second kappa shape index (κ2) is 10.9. The molecule has 2 amide bonds. The van der Waals surface area contributed by atoms with Gasteiger partial charge < -0.3 is 15.0 Å². The molecule has 3 rings (SSSR count). The number of ether oxygens (including phenoxy) is 1. The van der Waals surface area contributed by atoms with Crippen molar-refractivity contribution >= 4 is 11.8 Å². The Morgan fingerprint density at radius 1 is 0.935 bits per heavy atom. The summed E-state index contributed by atoms with van der Waals surface area (Å²) in [6.07, 6.45) is -0.867. The van der Waals surface area contributed by atoms with E-state index in [0.29, 0.717) is 17.9 Å². The Kier molecular flexibility index (Phi) is 7.76. The van der Waals surface area contributed by atoms with E-state index < -0.39 is 6.10 Å². The first-order valence-corrected chi connectivity index (χ1v) is 10.1. The number of benzene rings is 3. The first kappa shape index (κ1) is 22.0. The minimum Gasteiger partial charge on any atom is -0.476 e. The summed E-state index contributed by atoms with van der Waals surface area (Å²) in [7, 11) is 0. The van der Waals surface area contributed by atoms with Crippen LogP contribution < -0.4 is 10.1 Å². The summed E-state index contributed by atoms with van der Waals surface area (Å²) >= 11 is 0. The first-order chi connectivity index (χ1) is 15.1. The fraction of sp³-hybridized carbons (Fsp3) is 0.200. The highest BCUT2D eigenvalue weighted by atomic mass is 19.1. The number of likely N-dealkylation sites (N-methyl/N-ethyl adjacent to an activating group) is 1. The molecule has 3 aromatic carbocycles. The van der Waals surface area contributed by atoms with Crippen LogP contribution in [0.2, 0.25) is 0 Å². The Labute approximate surface area is 181 Å². The molecule has 31 heavy (non-hydrogen) atoms. The minimum atomic E-state index is -0.867. The molecule has 6 heteroatoms. The van der Waals surface area contributed by atoms with Crippen LogP contribution in [-0.2, 0) is 16.1 Å². The van der Waals surface area contributed by atoms with E-state index in [0.717, 1.165) is 5.56 Å². The van der Waals surface area contributed by atoms with Crippen molar-refractivity contribution in [1.29, 1.82) is 0 Å². The van der Waals surface area contributed by atoms with Crippen LogP contribution in [0.3, 0.4) is 0 Å². The average Bonchev–Trinajstić information content (AvgIpc) is 2.81. The lowest BCUT2D eigenvalue weighted by Crippen LogP contribution is -2.43. The van der Waals surface area contributed by atoms with Crippen LogP contribution in [0.5, 0.6) is 5.75 Å². The number of halogens is 1. The zero-order chi connectivity index (χ0) is 22.1. The van der Waals surface area contributed by atoms with Gasteiger partial charge >= 0.3 is 0 Å². The molecule has 1 atom stereocenters. The molecule has 160 valence electrons. The molecule has 0 fully saturated rings. The van der Waals surface area contributed by atoms with Crippen molar-refractivity contribution in [2.45, 2.75) is 19.6 Å². The van der Waals surface area contributed by atoms with Gasteiger partial charge in [0.25, 0.3) is 5.91 Å². The molecule has 5 nitrogen and oxygen atoms in total. The van der Waals surface area contributed by atoms with Crippen LogP contribution in [-0.4, -0.2) is 29.8 Å². The van der Waals surface area contributed by atoms with Gasteiger partial charge in [-0.1, -0.05) is 60.7 Å². The van der Waals surface area contributed by atoms with Crippen LogP contribution in [0.4, 0.5) is 4.39 Å². The van der Waals surface area contributed by atoms with Crippen molar-refractivity contribution in [2.24, 2.45) is 0 Å². The van der Waals surface area contributed by atoms with E-state index in [-0.39, 0.29) is 30.7 Å². The third kappa shape index (κ3) is 6.40. The molecule has 0 bridgehead atoms. The lowest BCUT2D eigenvalue weighted by atomic mass is 10.1. The van der Waals surface area contributed by atoms with Crippen molar-refractivity contribution < 1.29 is 18.7 Å². The predicted molar refractivity (Wildman–Crippen MR) is 117 cm³/mol. The smallest absolute Gasteiger partial charge is 0.268 e. The summed E-state index contributed by atoms with van der Waals surface area (Å²) in [6, 6.07) is 24.2. The Hall–Kier alpha value is -3.67. The molecule has 0 aromatic heterocycles. The van der Waals surface area contributed by atoms with Gasteiger partial charge in [0.1, 0.15) is 11.6 Å². The monoisotopic (exact) mass is 420 g/mol. The fourth-order valence-electron chi connectivity index (χ4n) is 3.07. The summed E-state index contributed by atoms with van der Waals surface area (Å²) in [5.41, 5.74) is 1.49. The van der Waals surface area contributed by atoms with Crippen molar-refractivity contribution in [2.75, 3.05) is 13.1 Å². The number of carbonyl (C=O) groups excluding carboxylic acids is 2. The topological polar surface area (TPSA) is 58.6 Å². The highest BCUT2D eigenvalue weighted by Crippen LogP contribution is 2.24. The second-order valence-electron chi connectivity index (χ2n) is 6.98. The normalized spacial score (nSPS) is 11.4. The van der Waals surface area contributed by atoms with Crippen LogP contribution in [0.15, 0.2) is 84.9 Å². The van der Waals surface area contributed by atoms with E-state index in [9.17, 15) is 14.0 Å². The zero-order valence-electron chi connectivity index (χ0n) is 17.3. The molecule has 0 saturated heterocycles. The SMILES string of the molecule is CCN(CC(=O)NCc1ccc(F)cc1)C(=O)C(Oc1ccccc1)c1ccccc1. The molecule has 0 spiro atoms. The molecule has 1 unspecified atom stereocenters. The summed E-state index contributed by atoms with van der Waals surface area (Å²) in [5, 5.41) is 2.77. The van der Waals surface area contributed by atoms with Crippen molar-refractivity contribution in [1.82, 2.24) is 10.2 Å². The van der Waals surface area contributed by atoms with Crippen molar-refractivity contribution in [3.63, 3.8) is 0 Å². The molecule has 0 aliphatic heterocycles. The predicted octanol–water partition coefficient (Wildman–Crippen LogP) is 4.11. The molecular formula is C25H25FN2O3. The van der Waals surface area contributed by atoms with Gasteiger partial charge in [-0.3, -0.25) is 9.59 Å². The van der Waals surface area contributed by atoms with Gasteiger partial charge in [-0.05, 0) is 36.8 Å². The second-order valence-corrected chi connectivity index (χ2v) is 6.98. The van der Waals surface area contributed by atoms with E-state index in [1.807, 2.05) is 55.5 Å².